The normalized spacial score (nSPS) is 12.2. The van der Waals surface area contributed by atoms with E-state index in [1.165, 1.54) is 37.2 Å². The van der Waals surface area contributed by atoms with Crippen LogP contribution in [0.2, 0.25) is 0 Å². The second-order valence-electron chi connectivity index (χ2n) is 3.00. The van der Waals surface area contributed by atoms with Crippen LogP contribution in [0.4, 0.5) is 4.39 Å². The number of thioether (sulfide) groups is 1. The Balaban J connectivity index is 2.55. The van der Waals surface area contributed by atoms with E-state index in [1.54, 1.807) is 0 Å². The van der Waals surface area contributed by atoms with E-state index in [1.807, 2.05) is 6.92 Å². The Labute approximate surface area is 92.0 Å². The van der Waals surface area contributed by atoms with Crippen molar-refractivity contribution in [2.75, 3.05) is 7.11 Å². The average Bonchev–Trinajstić information content (AvgIpc) is 2.21. The van der Waals surface area contributed by atoms with E-state index in [2.05, 4.69) is 9.72 Å². The molecule has 15 heavy (non-hydrogen) atoms. The van der Waals surface area contributed by atoms with Gasteiger partial charge in [0.25, 0.3) is 0 Å². The van der Waals surface area contributed by atoms with E-state index in [0.717, 1.165) is 0 Å². The summed E-state index contributed by atoms with van der Waals surface area (Å²) in [5.74, 6) is -0.662. The van der Waals surface area contributed by atoms with E-state index < -0.39 is 0 Å². The average molecular weight is 229 g/mol. The molecular weight excluding hydrogens is 217 g/mol. The smallest absolute Gasteiger partial charge is 0.306 e. The van der Waals surface area contributed by atoms with Crippen molar-refractivity contribution in [2.45, 2.75) is 23.6 Å². The van der Waals surface area contributed by atoms with Crippen LogP contribution < -0.4 is 0 Å². The number of ether oxygens (including phenoxy) is 1. The van der Waals surface area contributed by atoms with Crippen LogP contribution in [0.25, 0.3) is 0 Å². The first-order valence-electron chi connectivity index (χ1n) is 4.47. The van der Waals surface area contributed by atoms with Gasteiger partial charge in [-0.2, -0.15) is 0 Å². The second-order valence-corrected chi connectivity index (χ2v) is 4.43. The Morgan fingerprint density at radius 1 is 1.73 bits per heavy atom. The molecule has 0 fully saturated rings. The molecule has 0 N–H and O–H groups in total. The van der Waals surface area contributed by atoms with Gasteiger partial charge in [-0.3, -0.25) is 4.79 Å². The molecule has 0 spiro atoms. The van der Waals surface area contributed by atoms with Crippen molar-refractivity contribution in [2.24, 2.45) is 0 Å². The van der Waals surface area contributed by atoms with Crippen LogP contribution in [-0.4, -0.2) is 23.3 Å². The molecule has 1 aromatic rings. The third kappa shape index (κ3) is 3.87. The van der Waals surface area contributed by atoms with Crippen molar-refractivity contribution in [1.29, 1.82) is 0 Å². The van der Waals surface area contributed by atoms with Crippen LogP contribution in [0.5, 0.6) is 0 Å². The van der Waals surface area contributed by atoms with Crippen LogP contribution >= 0.6 is 11.8 Å². The predicted octanol–water partition coefficient (Wildman–Crippen LogP) is 2.26. The lowest BCUT2D eigenvalue weighted by atomic mass is 10.3. The molecule has 1 heterocycles. The quantitative estimate of drug-likeness (QED) is 0.586. The van der Waals surface area contributed by atoms with Crippen LogP contribution in [0, 0.1) is 5.82 Å². The molecule has 0 aliphatic carbocycles. The first-order chi connectivity index (χ1) is 7.13. The standard InChI is InChI=1S/C10H12FNO2S/c1-7(6-9(13)14-2)15-10-8(11)4-3-5-12-10/h3-5,7H,6H2,1-2H3. The Morgan fingerprint density at radius 3 is 3.07 bits per heavy atom. The molecule has 1 rings (SSSR count). The molecular formula is C10H12FNO2S. The van der Waals surface area contributed by atoms with E-state index in [4.69, 9.17) is 0 Å². The van der Waals surface area contributed by atoms with Gasteiger partial charge < -0.3 is 4.74 Å². The Kier molecular flexibility index (Phi) is 4.55. The molecule has 5 heteroatoms. The molecule has 0 saturated heterocycles. The first kappa shape index (κ1) is 12.0. The van der Waals surface area contributed by atoms with Crippen LogP contribution in [0.15, 0.2) is 23.4 Å². The summed E-state index contributed by atoms with van der Waals surface area (Å²) in [7, 11) is 1.33. The summed E-state index contributed by atoms with van der Waals surface area (Å²) in [4.78, 5) is 14.8. The Morgan fingerprint density at radius 2 is 2.47 bits per heavy atom. The maximum Gasteiger partial charge on any atom is 0.306 e. The lowest BCUT2D eigenvalue weighted by Gasteiger charge is -2.08. The number of methoxy groups -OCH3 is 1. The summed E-state index contributed by atoms with van der Waals surface area (Å²) in [6.45, 7) is 1.83. The van der Waals surface area contributed by atoms with Crippen molar-refractivity contribution in [1.82, 2.24) is 4.98 Å². The van der Waals surface area contributed by atoms with Crippen LogP contribution in [-0.2, 0) is 9.53 Å². The molecule has 0 aromatic carbocycles. The van der Waals surface area contributed by atoms with Crippen molar-refractivity contribution in [3.05, 3.63) is 24.1 Å². The maximum atomic E-state index is 13.2. The minimum atomic E-state index is -0.362. The zero-order valence-corrected chi connectivity index (χ0v) is 9.38. The largest absolute Gasteiger partial charge is 0.469 e. The molecule has 3 nitrogen and oxygen atoms in total. The van der Waals surface area contributed by atoms with Gasteiger partial charge in [0.2, 0.25) is 0 Å². The number of hydrogen-bond donors (Lipinski definition) is 0. The van der Waals surface area contributed by atoms with Gasteiger partial charge in [0.15, 0.2) is 5.82 Å². The van der Waals surface area contributed by atoms with Gasteiger partial charge in [-0.05, 0) is 12.1 Å². The minimum absolute atomic E-state index is 0.0538. The van der Waals surface area contributed by atoms with Crippen molar-refractivity contribution >= 4 is 17.7 Å². The molecule has 0 amide bonds. The molecule has 0 radical (unpaired) electrons. The number of carbonyl (C=O) groups is 1. The highest BCUT2D eigenvalue weighted by Gasteiger charge is 2.13. The summed E-state index contributed by atoms with van der Waals surface area (Å²) in [6, 6.07) is 2.88. The second kappa shape index (κ2) is 5.70. The van der Waals surface area contributed by atoms with Crippen molar-refractivity contribution in [3.63, 3.8) is 0 Å². The highest BCUT2D eigenvalue weighted by molar-refractivity contribution is 7.99. The zero-order valence-electron chi connectivity index (χ0n) is 8.57. The monoisotopic (exact) mass is 229 g/mol. The van der Waals surface area contributed by atoms with Crippen LogP contribution in [0.1, 0.15) is 13.3 Å². The maximum absolute atomic E-state index is 13.2. The van der Waals surface area contributed by atoms with Gasteiger partial charge in [-0.25, -0.2) is 9.37 Å². The van der Waals surface area contributed by atoms with Gasteiger partial charge in [0.1, 0.15) is 5.03 Å². The molecule has 0 bridgehead atoms. The lowest BCUT2D eigenvalue weighted by molar-refractivity contribution is -0.140. The topological polar surface area (TPSA) is 39.2 Å². The summed E-state index contributed by atoms with van der Waals surface area (Å²) >= 11 is 1.23. The molecule has 82 valence electrons. The van der Waals surface area contributed by atoms with Crippen LogP contribution in [0.3, 0.4) is 0 Å². The molecule has 0 aliphatic heterocycles. The molecule has 1 atom stereocenters. The summed E-state index contributed by atoms with van der Waals surface area (Å²) in [5.41, 5.74) is 0. The fraction of sp³-hybridized carbons (Fsp3) is 0.400. The minimum Gasteiger partial charge on any atom is -0.469 e. The predicted molar refractivity (Wildman–Crippen MR) is 56.1 cm³/mol. The number of nitrogens with zero attached hydrogens (tertiary/aromatic N) is 1. The van der Waals surface area contributed by atoms with Gasteiger partial charge >= 0.3 is 5.97 Å². The fourth-order valence-corrected chi connectivity index (χ4v) is 1.91. The molecule has 1 aromatic heterocycles. The van der Waals surface area contributed by atoms with E-state index >= 15 is 0 Å². The van der Waals surface area contributed by atoms with Gasteiger partial charge in [-0.15, -0.1) is 0 Å². The number of aromatic nitrogens is 1. The lowest BCUT2D eigenvalue weighted by Crippen LogP contribution is -2.08. The highest BCUT2D eigenvalue weighted by atomic mass is 32.2. The Bertz CT molecular complexity index is 346. The number of halogens is 1. The SMILES string of the molecule is COC(=O)CC(C)Sc1ncccc1F. The Hall–Kier alpha value is -1.10. The van der Waals surface area contributed by atoms with Gasteiger partial charge in [0, 0.05) is 11.4 Å². The number of carbonyl (C=O) groups excluding carboxylic acids is 1. The zero-order chi connectivity index (χ0) is 11.3. The first-order valence-corrected chi connectivity index (χ1v) is 5.35. The number of rotatable bonds is 4. The molecule has 1 unspecified atom stereocenters. The fourth-order valence-electron chi connectivity index (χ4n) is 1.01. The third-order valence-electron chi connectivity index (χ3n) is 1.72. The van der Waals surface area contributed by atoms with Gasteiger partial charge in [-0.1, -0.05) is 18.7 Å². The van der Waals surface area contributed by atoms with E-state index in [0.29, 0.717) is 5.03 Å². The number of esters is 1. The summed E-state index contributed by atoms with van der Waals surface area (Å²) in [5, 5.41) is 0.260. The van der Waals surface area contributed by atoms with E-state index in [-0.39, 0.29) is 23.5 Å². The number of hydrogen-bond acceptors (Lipinski definition) is 4. The highest BCUT2D eigenvalue weighted by Crippen LogP contribution is 2.25. The molecule has 0 saturated carbocycles. The van der Waals surface area contributed by atoms with E-state index in [9.17, 15) is 9.18 Å². The summed E-state index contributed by atoms with van der Waals surface area (Å²) in [6.07, 6.45) is 1.77. The van der Waals surface area contributed by atoms with Gasteiger partial charge in [0.05, 0.1) is 13.5 Å². The third-order valence-corrected chi connectivity index (χ3v) is 2.81. The summed E-state index contributed by atoms with van der Waals surface area (Å²) < 4.78 is 17.7. The number of pyridine rings is 1. The van der Waals surface area contributed by atoms with Crippen molar-refractivity contribution < 1.29 is 13.9 Å². The van der Waals surface area contributed by atoms with Crippen molar-refractivity contribution in [3.8, 4) is 0 Å². The molecule has 0 aliphatic rings.